The SMILES string of the molecule is CC(C)(C)OC(=O)N1C[C@@H]2CC[C@@H](N2)[C@H]1CO. The van der Waals surface area contributed by atoms with Gasteiger partial charge >= 0.3 is 6.09 Å². The van der Waals surface area contributed by atoms with Crippen LogP contribution in [-0.4, -0.2) is 53.0 Å². The molecule has 2 bridgehead atoms. The van der Waals surface area contributed by atoms with Crippen LogP contribution in [0.25, 0.3) is 0 Å². The summed E-state index contributed by atoms with van der Waals surface area (Å²) in [6.45, 7) is 6.20. The molecule has 3 atom stereocenters. The number of amides is 1. The van der Waals surface area contributed by atoms with Crippen LogP contribution in [0.4, 0.5) is 4.79 Å². The van der Waals surface area contributed by atoms with Gasteiger partial charge in [-0.25, -0.2) is 4.79 Å². The van der Waals surface area contributed by atoms with Crippen LogP contribution in [-0.2, 0) is 4.74 Å². The molecule has 1 amide bonds. The Kier molecular flexibility index (Phi) is 3.32. The minimum absolute atomic E-state index is 0.0103. The quantitative estimate of drug-likeness (QED) is 0.711. The number of nitrogens with one attached hydrogen (secondary N) is 1. The monoisotopic (exact) mass is 242 g/mol. The molecule has 0 saturated carbocycles. The van der Waals surface area contributed by atoms with Crippen molar-refractivity contribution in [2.24, 2.45) is 0 Å². The minimum atomic E-state index is -0.485. The molecule has 2 aliphatic heterocycles. The summed E-state index contributed by atoms with van der Waals surface area (Å²) in [7, 11) is 0. The van der Waals surface area contributed by atoms with Crippen LogP contribution in [0.3, 0.4) is 0 Å². The van der Waals surface area contributed by atoms with E-state index in [1.165, 1.54) is 0 Å². The van der Waals surface area contributed by atoms with E-state index in [4.69, 9.17) is 4.74 Å². The topological polar surface area (TPSA) is 61.8 Å². The fourth-order valence-electron chi connectivity index (χ4n) is 2.64. The van der Waals surface area contributed by atoms with E-state index in [1.54, 1.807) is 4.90 Å². The number of carbonyl (C=O) groups is 1. The Morgan fingerprint density at radius 1 is 1.47 bits per heavy atom. The van der Waals surface area contributed by atoms with E-state index in [-0.39, 0.29) is 24.8 Å². The normalized spacial score (nSPS) is 32.7. The molecule has 0 aromatic heterocycles. The third kappa shape index (κ3) is 2.72. The molecule has 0 radical (unpaired) electrons. The van der Waals surface area contributed by atoms with Crippen LogP contribution in [0.15, 0.2) is 0 Å². The predicted octanol–water partition coefficient (Wildman–Crippen LogP) is 0.719. The second-order valence-corrected chi connectivity index (χ2v) is 5.93. The maximum absolute atomic E-state index is 12.1. The molecule has 0 unspecified atom stereocenters. The molecule has 0 aromatic rings. The van der Waals surface area contributed by atoms with Gasteiger partial charge in [-0.1, -0.05) is 0 Å². The average Bonchev–Trinajstić information content (AvgIpc) is 2.58. The molecule has 98 valence electrons. The first-order valence-corrected chi connectivity index (χ1v) is 6.27. The predicted molar refractivity (Wildman–Crippen MR) is 63.8 cm³/mol. The van der Waals surface area contributed by atoms with E-state index in [0.29, 0.717) is 12.6 Å². The molecule has 5 nitrogen and oxygen atoms in total. The van der Waals surface area contributed by atoms with E-state index in [9.17, 15) is 9.90 Å². The lowest BCUT2D eigenvalue weighted by atomic mass is 10.1. The highest BCUT2D eigenvalue weighted by Crippen LogP contribution is 2.26. The molecule has 17 heavy (non-hydrogen) atoms. The van der Waals surface area contributed by atoms with Crippen molar-refractivity contribution in [3.63, 3.8) is 0 Å². The zero-order valence-corrected chi connectivity index (χ0v) is 10.8. The zero-order valence-electron chi connectivity index (χ0n) is 10.8. The number of likely N-dealkylation sites (tertiary alicyclic amines) is 1. The van der Waals surface area contributed by atoms with Gasteiger partial charge in [-0.05, 0) is 33.6 Å². The molecule has 0 spiro atoms. The van der Waals surface area contributed by atoms with Crippen molar-refractivity contribution < 1.29 is 14.6 Å². The third-order valence-corrected chi connectivity index (χ3v) is 3.37. The van der Waals surface area contributed by atoms with Crippen molar-refractivity contribution >= 4 is 6.09 Å². The molecule has 0 aromatic carbocycles. The summed E-state index contributed by atoms with van der Waals surface area (Å²) in [5, 5.41) is 12.9. The first kappa shape index (κ1) is 12.6. The molecule has 2 fully saturated rings. The number of hydrogen-bond donors (Lipinski definition) is 2. The van der Waals surface area contributed by atoms with Gasteiger partial charge in [0.25, 0.3) is 0 Å². The molecular formula is C12H22N2O3. The summed E-state index contributed by atoms with van der Waals surface area (Å²) >= 11 is 0. The van der Waals surface area contributed by atoms with Gasteiger partial charge in [-0.3, -0.25) is 4.90 Å². The molecule has 2 saturated heterocycles. The van der Waals surface area contributed by atoms with E-state index in [0.717, 1.165) is 12.8 Å². The minimum Gasteiger partial charge on any atom is -0.444 e. The maximum atomic E-state index is 12.1. The summed E-state index contributed by atoms with van der Waals surface area (Å²) in [5.41, 5.74) is -0.485. The Morgan fingerprint density at radius 3 is 2.76 bits per heavy atom. The molecule has 2 aliphatic rings. The molecule has 2 rings (SSSR count). The van der Waals surface area contributed by atoms with Crippen molar-refractivity contribution in [1.29, 1.82) is 0 Å². The standard InChI is InChI=1S/C12H22N2O3/c1-12(2,3)17-11(16)14-6-8-4-5-9(13-8)10(14)7-15/h8-10,13,15H,4-7H2,1-3H3/t8-,9+,10+/m0/s1. The van der Waals surface area contributed by atoms with Gasteiger partial charge in [0, 0.05) is 18.6 Å². The highest BCUT2D eigenvalue weighted by atomic mass is 16.6. The molecule has 2 N–H and O–H groups in total. The first-order chi connectivity index (χ1) is 7.90. The first-order valence-electron chi connectivity index (χ1n) is 6.27. The molecule has 2 heterocycles. The van der Waals surface area contributed by atoms with Gasteiger partial charge in [0.2, 0.25) is 0 Å². The number of aliphatic hydroxyl groups is 1. The van der Waals surface area contributed by atoms with Crippen LogP contribution >= 0.6 is 0 Å². The van der Waals surface area contributed by atoms with Crippen molar-refractivity contribution in [3.8, 4) is 0 Å². The van der Waals surface area contributed by atoms with Crippen LogP contribution in [0.1, 0.15) is 33.6 Å². The lowest BCUT2D eigenvalue weighted by Gasteiger charge is -2.40. The Bertz CT molecular complexity index is 301. The summed E-state index contributed by atoms with van der Waals surface area (Å²) < 4.78 is 5.38. The van der Waals surface area contributed by atoms with Crippen LogP contribution in [0.5, 0.6) is 0 Å². The smallest absolute Gasteiger partial charge is 0.410 e. The van der Waals surface area contributed by atoms with Crippen LogP contribution in [0, 0.1) is 0 Å². The number of fused-ring (bicyclic) bond motifs is 2. The van der Waals surface area contributed by atoms with Crippen LogP contribution < -0.4 is 5.32 Å². The highest BCUT2D eigenvalue weighted by molar-refractivity contribution is 5.69. The molecule has 0 aliphatic carbocycles. The number of aliphatic hydroxyl groups excluding tert-OH is 1. The van der Waals surface area contributed by atoms with Crippen LogP contribution in [0.2, 0.25) is 0 Å². The summed E-state index contributed by atoms with van der Waals surface area (Å²) in [6, 6.07) is 0.421. The summed E-state index contributed by atoms with van der Waals surface area (Å²) in [5.74, 6) is 0. The lowest BCUT2D eigenvalue weighted by molar-refractivity contribution is -0.00368. The Hall–Kier alpha value is -0.810. The fourth-order valence-corrected chi connectivity index (χ4v) is 2.64. The van der Waals surface area contributed by atoms with Crippen molar-refractivity contribution in [1.82, 2.24) is 10.2 Å². The van der Waals surface area contributed by atoms with E-state index in [1.807, 2.05) is 20.8 Å². The number of rotatable bonds is 1. The van der Waals surface area contributed by atoms with E-state index >= 15 is 0 Å². The highest BCUT2D eigenvalue weighted by Gasteiger charge is 2.43. The van der Waals surface area contributed by atoms with E-state index < -0.39 is 5.60 Å². The van der Waals surface area contributed by atoms with Gasteiger partial charge in [0.15, 0.2) is 0 Å². The molecule has 5 heteroatoms. The lowest BCUT2D eigenvalue weighted by Crippen LogP contribution is -2.61. The second kappa shape index (κ2) is 4.46. The Balaban J connectivity index is 2.06. The largest absolute Gasteiger partial charge is 0.444 e. The maximum Gasteiger partial charge on any atom is 0.410 e. The Labute approximate surface area is 102 Å². The number of hydrogen-bond acceptors (Lipinski definition) is 4. The van der Waals surface area contributed by atoms with E-state index in [2.05, 4.69) is 5.32 Å². The second-order valence-electron chi connectivity index (χ2n) is 5.93. The number of nitrogens with zero attached hydrogens (tertiary/aromatic N) is 1. The van der Waals surface area contributed by atoms with Crippen molar-refractivity contribution in [3.05, 3.63) is 0 Å². The molecular weight excluding hydrogens is 220 g/mol. The fraction of sp³-hybridized carbons (Fsp3) is 0.917. The Morgan fingerprint density at radius 2 is 2.18 bits per heavy atom. The van der Waals surface area contributed by atoms with Gasteiger partial charge < -0.3 is 15.2 Å². The third-order valence-electron chi connectivity index (χ3n) is 3.37. The van der Waals surface area contributed by atoms with Gasteiger partial charge in [-0.15, -0.1) is 0 Å². The van der Waals surface area contributed by atoms with Gasteiger partial charge in [0.05, 0.1) is 12.6 Å². The summed E-state index contributed by atoms with van der Waals surface area (Å²) in [4.78, 5) is 13.8. The average molecular weight is 242 g/mol. The number of piperazine rings is 1. The number of ether oxygens (including phenoxy) is 1. The van der Waals surface area contributed by atoms with Crippen molar-refractivity contribution in [2.45, 2.75) is 57.3 Å². The number of carbonyl (C=O) groups excluding carboxylic acids is 1. The zero-order chi connectivity index (χ0) is 12.6. The van der Waals surface area contributed by atoms with Crippen molar-refractivity contribution in [2.75, 3.05) is 13.2 Å². The van der Waals surface area contributed by atoms with Gasteiger partial charge in [0.1, 0.15) is 5.60 Å². The summed E-state index contributed by atoms with van der Waals surface area (Å²) in [6.07, 6.45) is 1.78. The van der Waals surface area contributed by atoms with Gasteiger partial charge in [-0.2, -0.15) is 0 Å².